The molecule has 0 saturated carbocycles. The Balaban J connectivity index is 1.86. The Kier molecular flexibility index (Phi) is 4.68. The standard InChI is InChI=1S/C15H15ClN6OS/c1-8-11(6-13(23)19-12-5-4-10(16)7-17-12)9(2)22-14(18-8)20-15(21-22)24-3/h4-5,7H,6H2,1-3H3,(H,17,19,23). The fourth-order valence-corrected chi connectivity index (χ4v) is 2.78. The van der Waals surface area contributed by atoms with Crippen LogP contribution >= 0.6 is 23.4 Å². The van der Waals surface area contributed by atoms with Crippen molar-refractivity contribution in [1.29, 1.82) is 0 Å². The summed E-state index contributed by atoms with van der Waals surface area (Å²) in [6, 6.07) is 3.33. The molecular formula is C15H15ClN6OS. The van der Waals surface area contributed by atoms with Crippen molar-refractivity contribution in [3.05, 3.63) is 40.3 Å². The third-order valence-corrected chi connectivity index (χ3v) is 4.31. The molecule has 124 valence electrons. The van der Waals surface area contributed by atoms with Crippen molar-refractivity contribution in [2.45, 2.75) is 25.4 Å². The van der Waals surface area contributed by atoms with Gasteiger partial charge in [-0.25, -0.2) is 14.5 Å². The number of fused-ring (bicyclic) bond motifs is 1. The molecule has 0 aromatic carbocycles. The van der Waals surface area contributed by atoms with E-state index in [4.69, 9.17) is 11.6 Å². The lowest BCUT2D eigenvalue weighted by atomic mass is 10.1. The topological polar surface area (TPSA) is 85.1 Å². The van der Waals surface area contributed by atoms with Crippen LogP contribution in [0.4, 0.5) is 5.82 Å². The highest BCUT2D eigenvalue weighted by Crippen LogP contribution is 2.18. The lowest BCUT2D eigenvalue weighted by molar-refractivity contribution is -0.115. The van der Waals surface area contributed by atoms with E-state index in [1.807, 2.05) is 20.1 Å². The average molecular weight is 363 g/mol. The van der Waals surface area contributed by atoms with Crippen molar-refractivity contribution >= 4 is 40.9 Å². The molecule has 9 heteroatoms. The number of carbonyl (C=O) groups excluding carboxylic acids is 1. The third-order valence-electron chi connectivity index (χ3n) is 3.54. The number of hydrogen-bond donors (Lipinski definition) is 1. The van der Waals surface area contributed by atoms with Crippen molar-refractivity contribution in [3.63, 3.8) is 0 Å². The molecule has 24 heavy (non-hydrogen) atoms. The van der Waals surface area contributed by atoms with Crippen LogP contribution in [-0.2, 0) is 11.2 Å². The first kappa shape index (κ1) is 16.7. The Hall–Kier alpha value is -2.19. The average Bonchev–Trinajstić information content (AvgIpc) is 2.97. The van der Waals surface area contributed by atoms with Gasteiger partial charge in [-0.3, -0.25) is 4.79 Å². The zero-order chi connectivity index (χ0) is 17.3. The van der Waals surface area contributed by atoms with Crippen LogP contribution in [-0.4, -0.2) is 36.7 Å². The van der Waals surface area contributed by atoms with E-state index in [1.54, 1.807) is 16.6 Å². The zero-order valence-electron chi connectivity index (χ0n) is 13.4. The SMILES string of the molecule is CSc1nc2nc(C)c(CC(=O)Nc3ccc(Cl)cn3)c(C)n2n1. The summed E-state index contributed by atoms with van der Waals surface area (Å²) < 4.78 is 1.67. The first-order valence-corrected chi connectivity index (χ1v) is 8.76. The number of aromatic nitrogens is 5. The molecule has 0 aliphatic carbocycles. The number of halogens is 1. The Bertz CT molecular complexity index is 908. The number of pyridine rings is 1. The summed E-state index contributed by atoms with van der Waals surface area (Å²) in [6.07, 6.45) is 3.57. The van der Waals surface area contributed by atoms with Gasteiger partial charge in [-0.05, 0) is 32.2 Å². The van der Waals surface area contributed by atoms with Gasteiger partial charge in [0.25, 0.3) is 5.78 Å². The van der Waals surface area contributed by atoms with E-state index in [2.05, 4.69) is 25.4 Å². The predicted molar refractivity (Wildman–Crippen MR) is 93.6 cm³/mol. The number of carbonyl (C=O) groups is 1. The smallest absolute Gasteiger partial charge is 0.253 e. The van der Waals surface area contributed by atoms with Gasteiger partial charge in [-0.1, -0.05) is 23.4 Å². The maximum absolute atomic E-state index is 12.3. The van der Waals surface area contributed by atoms with Crippen molar-refractivity contribution in [2.24, 2.45) is 0 Å². The Labute approximate surface area is 147 Å². The molecule has 1 N–H and O–H groups in total. The van der Waals surface area contributed by atoms with Crippen LogP contribution in [0, 0.1) is 13.8 Å². The summed E-state index contributed by atoms with van der Waals surface area (Å²) >= 11 is 7.24. The van der Waals surface area contributed by atoms with Crippen molar-refractivity contribution in [3.8, 4) is 0 Å². The lowest BCUT2D eigenvalue weighted by Crippen LogP contribution is -2.18. The fraction of sp³-hybridized carbons (Fsp3) is 0.267. The van der Waals surface area contributed by atoms with Gasteiger partial charge in [0, 0.05) is 23.1 Å². The zero-order valence-corrected chi connectivity index (χ0v) is 14.9. The molecule has 0 bridgehead atoms. The summed E-state index contributed by atoms with van der Waals surface area (Å²) in [5, 5.41) is 8.30. The largest absolute Gasteiger partial charge is 0.310 e. The van der Waals surface area contributed by atoms with E-state index < -0.39 is 0 Å². The minimum atomic E-state index is -0.178. The Morgan fingerprint density at radius 3 is 2.79 bits per heavy atom. The highest BCUT2D eigenvalue weighted by atomic mass is 35.5. The number of nitrogens with zero attached hydrogens (tertiary/aromatic N) is 5. The number of thioether (sulfide) groups is 1. The maximum atomic E-state index is 12.3. The molecule has 7 nitrogen and oxygen atoms in total. The van der Waals surface area contributed by atoms with E-state index in [0.717, 1.165) is 17.0 Å². The van der Waals surface area contributed by atoms with Gasteiger partial charge in [-0.15, -0.1) is 5.10 Å². The van der Waals surface area contributed by atoms with Crippen molar-refractivity contribution < 1.29 is 4.79 Å². The highest BCUT2D eigenvalue weighted by Gasteiger charge is 2.16. The van der Waals surface area contributed by atoms with Gasteiger partial charge in [0.05, 0.1) is 11.4 Å². The molecule has 0 spiro atoms. The van der Waals surface area contributed by atoms with Crippen LogP contribution in [0.5, 0.6) is 0 Å². The van der Waals surface area contributed by atoms with Crippen LogP contribution in [0.25, 0.3) is 5.78 Å². The normalized spacial score (nSPS) is 11.0. The van der Waals surface area contributed by atoms with E-state index >= 15 is 0 Å². The van der Waals surface area contributed by atoms with Crippen LogP contribution < -0.4 is 5.32 Å². The van der Waals surface area contributed by atoms with Crippen LogP contribution in [0.3, 0.4) is 0 Å². The molecule has 0 fully saturated rings. The van der Waals surface area contributed by atoms with Crippen molar-refractivity contribution in [2.75, 3.05) is 11.6 Å². The van der Waals surface area contributed by atoms with Crippen LogP contribution in [0.1, 0.15) is 17.0 Å². The van der Waals surface area contributed by atoms with Crippen LogP contribution in [0.2, 0.25) is 5.02 Å². The number of amides is 1. The van der Waals surface area contributed by atoms with E-state index in [0.29, 0.717) is 21.8 Å². The molecular weight excluding hydrogens is 348 g/mol. The monoisotopic (exact) mass is 362 g/mol. The molecule has 3 heterocycles. The maximum Gasteiger partial charge on any atom is 0.253 e. The lowest BCUT2D eigenvalue weighted by Gasteiger charge is -2.10. The third kappa shape index (κ3) is 3.34. The summed E-state index contributed by atoms with van der Waals surface area (Å²) in [4.78, 5) is 25.1. The second-order valence-electron chi connectivity index (χ2n) is 5.16. The number of nitrogens with one attached hydrogen (secondary N) is 1. The van der Waals surface area contributed by atoms with E-state index in [9.17, 15) is 4.79 Å². The second-order valence-corrected chi connectivity index (χ2v) is 6.37. The van der Waals surface area contributed by atoms with E-state index in [-0.39, 0.29) is 12.3 Å². The molecule has 1 amide bonds. The van der Waals surface area contributed by atoms with Gasteiger partial charge in [-0.2, -0.15) is 4.98 Å². The molecule has 0 aliphatic rings. The minimum Gasteiger partial charge on any atom is -0.310 e. The predicted octanol–water partition coefficient (Wildman–Crippen LogP) is 2.69. The summed E-state index contributed by atoms with van der Waals surface area (Å²) in [6.45, 7) is 3.77. The minimum absolute atomic E-state index is 0.178. The molecule has 3 aromatic heterocycles. The highest BCUT2D eigenvalue weighted by molar-refractivity contribution is 7.98. The summed E-state index contributed by atoms with van der Waals surface area (Å²) in [5.41, 5.74) is 2.44. The molecule has 3 aromatic rings. The summed E-state index contributed by atoms with van der Waals surface area (Å²) in [7, 11) is 0. The van der Waals surface area contributed by atoms with Gasteiger partial charge in [0.15, 0.2) is 0 Å². The van der Waals surface area contributed by atoms with Gasteiger partial charge in [0.1, 0.15) is 5.82 Å². The summed E-state index contributed by atoms with van der Waals surface area (Å²) in [5.74, 6) is 0.819. The molecule has 0 saturated heterocycles. The number of aryl methyl sites for hydroxylation is 2. The number of anilines is 1. The number of hydrogen-bond acceptors (Lipinski definition) is 6. The quantitative estimate of drug-likeness (QED) is 0.718. The second kappa shape index (κ2) is 6.74. The number of rotatable bonds is 4. The molecule has 0 radical (unpaired) electrons. The fourth-order valence-electron chi connectivity index (χ4n) is 2.33. The molecule has 0 atom stereocenters. The Morgan fingerprint density at radius 2 is 2.12 bits per heavy atom. The molecule has 0 aliphatic heterocycles. The van der Waals surface area contributed by atoms with Gasteiger partial charge in [0.2, 0.25) is 11.1 Å². The van der Waals surface area contributed by atoms with Crippen molar-refractivity contribution in [1.82, 2.24) is 24.6 Å². The van der Waals surface area contributed by atoms with Crippen LogP contribution in [0.15, 0.2) is 23.5 Å². The molecule has 0 unspecified atom stereocenters. The van der Waals surface area contributed by atoms with Gasteiger partial charge < -0.3 is 5.32 Å². The molecule has 3 rings (SSSR count). The van der Waals surface area contributed by atoms with Gasteiger partial charge >= 0.3 is 0 Å². The van der Waals surface area contributed by atoms with E-state index in [1.165, 1.54) is 18.0 Å². The first-order valence-electron chi connectivity index (χ1n) is 7.16. The Morgan fingerprint density at radius 1 is 1.33 bits per heavy atom. The first-order chi connectivity index (χ1) is 11.5.